The summed E-state index contributed by atoms with van der Waals surface area (Å²) in [6, 6.07) is 7.26. The van der Waals surface area contributed by atoms with Crippen LogP contribution in [0.3, 0.4) is 0 Å². The number of benzene rings is 1. The van der Waals surface area contributed by atoms with Crippen LogP contribution in [0.25, 0.3) is 6.08 Å². The molecular formula is C19H19NO5. The lowest BCUT2D eigenvalue weighted by Crippen LogP contribution is -2.42. The summed E-state index contributed by atoms with van der Waals surface area (Å²) in [5.41, 5.74) is 0.551. The number of amides is 1. The molecule has 0 radical (unpaired) electrons. The third-order valence-electron chi connectivity index (χ3n) is 4.62. The summed E-state index contributed by atoms with van der Waals surface area (Å²) >= 11 is 0. The highest BCUT2D eigenvalue weighted by Gasteiger charge is 2.36. The molecule has 0 saturated carbocycles. The molecule has 0 fully saturated rings. The van der Waals surface area contributed by atoms with E-state index in [0.29, 0.717) is 17.9 Å². The molecule has 2 aromatic rings. The normalized spacial score (nSPS) is 21.3. The second kappa shape index (κ2) is 6.29. The number of furan rings is 1. The lowest BCUT2D eigenvalue weighted by Gasteiger charge is -2.31. The Morgan fingerprint density at radius 2 is 2.16 bits per heavy atom. The molecule has 2 aliphatic rings. The van der Waals surface area contributed by atoms with E-state index >= 15 is 0 Å². The van der Waals surface area contributed by atoms with E-state index in [1.54, 1.807) is 18.4 Å². The fourth-order valence-electron chi connectivity index (χ4n) is 3.29. The minimum Gasteiger partial charge on any atom is -0.469 e. The van der Waals surface area contributed by atoms with Gasteiger partial charge in [-0.2, -0.15) is 0 Å². The van der Waals surface area contributed by atoms with Gasteiger partial charge in [-0.25, -0.2) is 0 Å². The smallest absolute Gasteiger partial charge is 0.244 e. The minimum absolute atomic E-state index is 0.157. The van der Waals surface area contributed by atoms with Gasteiger partial charge in [0.2, 0.25) is 12.7 Å². The average molecular weight is 341 g/mol. The van der Waals surface area contributed by atoms with Crippen molar-refractivity contribution in [2.75, 3.05) is 13.3 Å². The first-order chi connectivity index (χ1) is 12.1. The Kier molecular flexibility index (Phi) is 3.97. The lowest BCUT2D eigenvalue weighted by atomic mass is 9.83. The van der Waals surface area contributed by atoms with Gasteiger partial charge >= 0.3 is 0 Å². The van der Waals surface area contributed by atoms with Crippen molar-refractivity contribution in [2.45, 2.75) is 24.9 Å². The third-order valence-corrected chi connectivity index (χ3v) is 4.62. The maximum Gasteiger partial charge on any atom is 0.244 e. The van der Waals surface area contributed by atoms with E-state index in [1.807, 2.05) is 18.2 Å². The number of aliphatic hydroxyl groups is 1. The van der Waals surface area contributed by atoms with Crippen molar-refractivity contribution in [3.8, 4) is 11.5 Å². The molecule has 1 aliphatic carbocycles. The zero-order valence-corrected chi connectivity index (χ0v) is 13.7. The summed E-state index contributed by atoms with van der Waals surface area (Å²) in [6.07, 6.45) is 6.99. The van der Waals surface area contributed by atoms with Crippen molar-refractivity contribution < 1.29 is 23.8 Å². The quantitative estimate of drug-likeness (QED) is 0.835. The zero-order chi connectivity index (χ0) is 17.3. The molecule has 6 nitrogen and oxygen atoms in total. The molecule has 1 aromatic carbocycles. The highest BCUT2D eigenvalue weighted by atomic mass is 16.7. The Balaban J connectivity index is 1.38. The van der Waals surface area contributed by atoms with Crippen LogP contribution in [0.2, 0.25) is 0 Å². The maximum absolute atomic E-state index is 12.1. The van der Waals surface area contributed by atoms with Crippen molar-refractivity contribution in [3.05, 3.63) is 53.5 Å². The van der Waals surface area contributed by atoms with Crippen LogP contribution in [-0.4, -0.2) is 24.4 Å². The minimum atomic E-state index is -1.07. The van der Waals surface area contributed by atoms with E-state index in [-0.39, 0.29) is 19.2 Å². The number of nitrogens with one attached hydrogen (secondary N) is 1. The van der Waals surface area contributed by atoms with Crippen LogP contribution in [0, 0.1) is 0 Å². The first-order valence-electron chi connectivity index (χ1n) is 8.29. The molecule has 1 aromatic heterocycles. The molecular weight excluding hydrogens is 322 g/mol. The van der Waals surface area contributed by atoms with Gasteiger partial charge in [-0.05, 0) is 42.7 Å². The van der Waals surface area contributed by atoms with Gasteiger partial charge in [0.15, 0.2) is 11.5 Å². The largest absolute Gasteiger partial charge is 0.469 e. The van der Waals surface area contributed by atoms with Gasteiger partial charge in [0, 0.05) is 18.1 Å². The summed E-state index contributed by atoms with van der Waals surface area (Å²) in [5, 5.41) is 13.6. The van der Waals surface area contributed by atoms with Gasteiger partial charge in [0.25, 0.3) is 0 Å². The molecule has 4 rings (SSSR count). The molecule has 1 unspecified atom stereocenters. The van der Waals surface area contributed by atoms with E-state index in [2.05, 4.69) is 5.32 Å². The zero-order valence-electron chi connectivity index (χ0n) is 13.7. The van der Waals surface area contributed by atoms with E-state index in [1.165, 1.54) is 6.08 Å². The SMILES string of the molecule is O=C(C=Cc1ccc2c(c1)OCO2)NCC1(O)CCCc2occc21. The predicted octanol–water partition coefficient (Wildman–Crippen LogP) is 2.36. The number of ether oxygens (including phenoxy) is 2. The second-order valence-electron chi connectivity index (χ2n) is 6.31. The molecule has 0 bridgehead atoms. The van der Waals surface area contributed by atoms with Gasteiger partial charge in [0.05, 0.1) is 12.8 Å². The highest BCUT2D eigenvalue weighted by molar-refractivity contribution is 5.91. The van der Waals surface area contributed by atoms with Gasteiger partial charge < -0.3 is 24.3 Å². The number of aryl methyl sites for hydroxylation is 1. The van der Waals surface area contributed by atoms with E-state index in [4.69, 9.17) is 13.9 Å². The second-order valence-corrected chi connectivity index (χ2v) is 6.31. The lowest BCUT2D eigenvalue weighted by molar-refractivity contribution is -0.118. The number of hydrogen-bond donors (Lipinski definition) is 2. The van der Waals surface area contributed by atoms with E-state index in [0.717, 1.165) is 29.7 Å². The van der Waals surface area contributed by atoms with Crippen molar-refractivity contribution in [2.24, 2.45) is 0 Å². The molecule has 0 spiro atoms. The van der Waals surface area contributed by atoms with Crippen LogP contribution >= 0.6 is 0 Å². The van der Waals surface area contributed by atoms with E-state index in [9.17, 15) is 9.90 Å². The summed E-state index contributed by atoms with van der Waals surface area (Å²) in [5.74, 6) is 1.92. The van der Waals surface area contributed by atoms with Crippen molar-refractivity contribution in [3.63, 3.8) is 0 Å². The average Bonchev–Trinajstić information content (AvgIpc) is 3.27. The van der Waals surface area contributed by atoms with Gasteiger partial charge in [0.1, 0.15) is 11.4 Å². The molecule has 6 heteroatoms. The molecule has 0 saturated heterocycles. The molecule has 130 valence electrons. The Hall–Kier alpha value is -2.73. The first kappa shape index (κ1) is 15.8. The molecule has 1 amide bonds. The van der Waals surface area contributed by atoms with Crippen LogP contribution in [0.1, 0.15) is 29.7 Å². The van der Waals surface area contributed by atoms with Gasteiger partial charge in [-0.15, -0.1) is 0 Å². The number of carbonyl (C=O) groups is 1. The Morgan fingerprint density at radius 3 is 3.08 bits per heavy atom. The number of hydrogen-bond acceptors (Lipinski definition) is 5. The van der Waals surface area contributed by atoms with Crippen LogP contribution in [0.15, 0.2) is 41.0 Å². The summed E-state index contributed by atoms with van der Waals surface area (Å²) in [7, 11) is 0. The summed E-state index contributed by atoms with van der Waals surface area (Å²) < 4.78 is 16.0. The predicted molar refractivity (Wildman–Crippen MR) is 90.2 cm³/mol. The number of carbonyl (C=O) groups excluding carboxylic acids is 1. The van der Waals surface area contributed by atoms with Gasteiger partial charge in [-0.3, -0.25) is 4.79 Å². The topological polar surface area (TPSA) is 80.9 Å². The van der Waals surface area contributed by atoms with Crippen molar-refractivity contribution >= 4 is 12.0 Å². The fourth-order valence-corrected chi connectivity index (χ4v) is 3.29. The van der Waals surface area contributed by atoms with Crippen LogP contribution in [0.4, 0.5) is 0 Å². The molecule has 2 N–H and O–H groups in total. The van der Waals surface area contributed by atoms with Crippen LogP contribution in [0.5, 0.6) is 11.5 Å². The van der Waals surface area contributed by atoms with E-state index < -0.39 is 5.60 Å². The standard InChI is InChI=1S/C19H19NO5/c21-18(6-4-13-3-5-16-17(10-13)25-12-24-16)20-11-19(22)8-1-2-15-14(19)7-9-23-15/h3-7,9-10,22H,1-2,8,11-12H2,(H,20,21). The van der Waals surface area contributed by atoms with Crippen LogP contribution < -0.4 is 14.8 Å². The number of fused-ring (bicyclic) bond motifs is 2. The van der Waals surface area contributed by atoms with Crippen LogP contribution in [-0.2, 0) is 16.8 Å². The fraction of sp³-hybridized carbons (Fsp3) is 0.316. The Morgan fingerprint density at radius 1 is 1.28 bits per heavy atom. The molecule has 1 atom stereocenters. The Bertz CT molecular complexity index is 825. The Labute approximate surface area is 145 Å². The maximum atomic E-state index is 12.1. The molecule has 2 heterocycles. The number of rotatable bonds is 4. The molecule has 25 heavy (non-hydrogen) atoms. The molecule has 1 aliphatic heterocycles. The highest BCUT2D eigenvalue weighted by Crippen LogP contribution is 2.35. The van der Waals surface area contributed by atoms with Crippen molar-refractivity contribution in [1.29, 1.82) is 0 Å². The first-order valence-corrected chi connectivity index (χ1v) is 8.29. The van der Waals surface area contributed by atoms with Gasteiger partial charge in [-0.1, -0.05) is 6.07 Å². The summed E-state index contributed by atoms with van der Waals surface area (Å²) in [4.78, 5) is 12.1. The third kappa shape index (κ3) is 3.13. The monoisotopic (exact) mass is 341 g/mol. The van der Waals surface area contributed by atoms with Crippen molar-refractivity contribution in [1.82, 2.24) is 5.32 Å². The summed E-state index contributed by atoms with van der Waals surface area (Å²) in [6.45, 7) is 0.376.